The van der Waals surface area contributed by atoms with Crippen molar-refractivity contribution in [3.63, 3.8) is 0 Å². The van der Waals surface area contributed by atoms with Gasteiger partial charge in [-0.05, 0) is 52.7 Å². The average molecular weight is 406 g/mol. The molecule has 4 nitrogen and oxygen atoms in total. The Bertz CT molecular complexity index is 784. The number of benzene rings is 2. The number of hydrogen-bond donors (Lipinski definition) is 1. The molecule has 2 aromatic rings. The second-order valence-electron chi connectivity index (χ2n) is 4.72. The molecular weight excluding hydrogens is 392 g/mol. The summed E-state index contributed by atoms with van der Waals surface area (Å²) < 4.78 is 56.6. The molecule has 0 saturated carbocycles. The zero-order valence-electron chi connectivity index (χ0n) is 12.0. The van der Waals surface area contributed by atoms with Gasteiger partial charge in [-0.2, -0.15) is 8.78 Å². The van der Waals surface area contributed by atoms with Gasteiger partial charge in [0.25, 0.3) is 0 Å². The Morgan fingerprint density at radius 3 is 2.48 bits per heavy atom. The van der Waals surface area contributed by atoms with Crippen molar-refractivity contribution in [2.24, 2.45) is 0 Å². The SMILES string of the molecule is CC(NS(=O)(=O)c1ccccc1Br)c1cccc(OC(F)F)c1. The Morgan fingerprint density at radius 1 is 1.13 bits per heavy atom. The molecule has 0 spiro atoms. The number of rotatable bonds is 6. The largest absolute Gasteiger partial charge is 0.435 e. The fourth-order valence-corrected chi connectivity index (χ4v) is 4.22. The highest BCUT2D eigenvalue weighted by Crippen LogP contribution is 2.25. The van der Waals surface area contributed by atoms with Crippen LogP contribution in [-0.4, -0.2) is 15.0 Å². The maximum absolute atomic E-state index is 12.4. The molecule has 124 valence electrons. The van der Waals surface area contributed by atoms with E-state index in [1.54, 1.807) is 31.2 Å². The molecule has 0 saturated heterocycles. The maximum atomic E-state index is 12.4. The van der Waals surface area contributed by atoms with Crippen LogP contribution in [0.4, 0.5) is 8.78 Å². The fraction of sp³-hybridized carbons (Fsp3) is 0.200. The number of ether oxygens (including phenoxy) is 1. The number of hydrogen-bond acceptors (Lipinski definition) is 3. The van der Waals surface area contributed by atoms with Crippen LogP contribution in [-0.2, 0) is 10.0 Å². The zero-order valence-corrected chi connectivity index (χ0v) is 14.4. The molecule has 0 aromatic heterocycles. The van der Waals surface area contributed by atoms with Gasteiger partial charge in [0.2, 0.25) is 10.0 Å². The Morgan fingerprint density at radius 2 is 1.83 bits per heavy atom. The zero-order chi connectivity index (χ0) is 17.0. The highest BCUT2D eigenvalue weighted by Gasteiger charge is 2.21. The molecule has 0 aliphatic carbocycles. The summed E-state index contributed by atoms with van der Waals surface area (Å²) in [6.07, 6.45) is 0. The van der Waals surface area contributed by atoms with E-state index < -0.39 is 22.7 Å². The smallest absolute Gasteiger partial charge is 0.387 e. The lowest BCUT2D eigenvalue weighted by atomic mass is 10.1. The molecule has 0 amide bonds. The summed E-state index contributed by atoms with van der Waals surface area (Å²) in [7, 11) is -3.76. The van der Waals surface area contributed by atoms with Gasteiger partial charge in [-0.1, -0.05) is 24.3 Å². The Kier molecular flexibility index (Phi) is 5.72. The van der Waals surface area contributed by atoms with E-state index in [-0.39, 0.29) is 10.6 Å². The van der Waals surface area contributed by atoms with Crippen LogP contribution in [0.25, 0.3) is 0 Å². The van der Waals surface area contributed by atoms with Crippen molar-refractivity contribution < 1.29 is 21.9 Å². The van der Waals surface area contributed by atoms with Crippen molar-refractivity contribution in [1.29, 1.82) is 0 Å². The van der Waals surface area contributed by atoms with E-state index in [9.17, 15) is 17.2 Å². The van der Waals surface area contributed by atoms with E-state index in [4.69, 9.17) is 0 Å². The van der Waals surface area contributed by atoms with Crippen LogP contribution in [0.1, 0.15) is 18.5 Å². The summed E-state index contributed by atoms with van der Waals surface area (Å²) in [6, 6.07) is 11.7. The molecule has 2 aromatic carbocycles. The first-order valence-corrected chi connectivity index (χ1v) is 8.89. The molecule has 0 fully saturated rings. The highest BCUT2D eigenvalue weighted by molar-refractivity contribution is 9.10. The molecule has 0 bridgehead atoms. The van der Waals surface area contributed by atoms with Gasteiger partial charge in [0, 0.05) is 10.5 Å². The molecule has 0 heterocycles. The van der Waals surface area contributed by atoms with Gasteiger partial charge in [-0.25, -0.2) is 13.1 Å². The van der Waals surface area contributed by atoms with E-state index in [0.29, 0.717) is 10.0 Å². The molecule has 1 atom stereocenters. The van der Waals surface area contributed by atoms with E-state index in [2.05, 4.69) is 25.4 Å². The van der Waals surface area contributed by atoms with Crippen molar-refractivity contribution in [1.82, 2.24) is 4.72 Å². The lowest BCUT2D eigenvalue weighted by molar-refractivity contribution is -0.0499. The summed E-state index contributed by atoms with van der Waals surface area (Å²) in [5, 5.41) is 0. The molecule has 2 rings (SSSR count). The van der Waals surface area contributed by atoms with Gasteiger partial charge >= 0.3 is 6.61 Å². The minimum atomic E-state index is -3.76. The van der Waals surface area contributed by atoms with Crippen molar-refractivity contribution in [3.8, 4) is 5.75 Å². The maximum Gasteiger partial charge on any atom is 0.387 e. The Hall–Kier alpha value is -1.51. The van der Waals surface area contributed by atoms with Gasteiger partial charge in [0.15, 0.2) is 0 Å². The summed E-state index contributed by atoms with van der Waals surface area (Å²) in [6.45, 7) is -1.31. The minimum Gasteiger partial charge on any atom is -0.435 e. The van der Waals surface area contributed by atoms with Crippen molar-refractivity contribution in [2.75, 3.05) is 0 Å². The lowest BCUT2D eigenvalue weighted by Gasteiger charge is -2.16. The van der Waals surface area contributed by atoms with Crippen LogP contribution < -0.4 is 9.46 Å². The number of halogens is 3. The van der Waals surface area contributed by atoms with E-state index in [0.717, 1.165) is 0 Å². The van der Waals surface area contributed by atoms with Gasteiger partial charge in [-0.15, -0.1) is 0 Å². The monoisotopic (exact) mass is 405 g/mol. The van der Waals surface area contributed by atoms with Crippen molar-refractivity contribution in [3.05, 3.63) is 58.6 Å². The molecule has 0 aliphatic heterocycles. The van der Waals surface area contributed by atoms with Crippen molar-refractivity contribution >= 4 is 26.0 Å². The lowest BCUT2D eigenvalue weighted by Crippen LogP contribution is -2.27. The van der Waals surface area contributed by atoms with E-state index >= 15 is 0 Å². The number of alkyl halides is 2. The minimum absolute atomic E-state index is 0.0237. The summed E-state index contributed by atoms with van der Waals surface area (Å²) in [5.74, 6) is -0.0237. The third kappa shape index (κ3) is 4.73. The number of nitrogens with one attached hydrogen (secondary N) is 1. The van der Waals surface area contributed by atoms with Gasteiger partial charge in [0.05, 0.1) is 4.90 Å². The third-order valence-corrected chi connectivity index (χ3v) is 5.59. The standard InChI is InChI=1S/C15H14BrF2NO3S/c1-10(11-5-4-6-12(9-11)22-15(17)18)19-23(20,21)14-8-3-2-7-13(14)16/h2-10,15,19H,1H3. The summed E-state index contributed by atoms with van der Waals surface area (Å²) in [5.41, 5.74) is 0.513. The molecule has 23 heavy (non-hydrogen) atoms. The van der Waals surface area contributed by atoms with Crippen LogP contribution in [0.15, 0.2) is 57.9 Å². The van der Waals surface area contributed by atoms with Crippen LogP contribution >= 0.6 is 15.9 Å². The van der Waals surface area contributed by atoms with Crippen LogP contribution in [0, 0.1) is 0 Å². The predicted molar refractivity (Wildman–Crippen MR) is 86.0 cm³/mol. The summed E-state index contributed by atoms with van der Waals surface area (Å²) in [4.78, 5) is 0.104. The Labute approximate surface area is 141 Å². The second-order valence-corrected chi connectivity index (χ2v) is 7.26. The van der Waals surface area contributed by atoms with Gasteiger partial charge in [0.1, 0.15) is 5.75 Å². The molecule has 0 aliphatic rings. The second kappa shape index (κ2) is 7.37. The predicted octanol–water partition coefficient (Wildman–Crippen LogP) is 4.09. The summed E-state index contributed by atoms with van der Waals surface area (Å²) >= 11 is 3.19. The van der Waals surface area contributed by atoms with Crippen LogP contribution in [0.2, 0.25) is 0 Å². The van der Waals surface area contributed by atoms with E-state index in [1.165, 1.54) is 24.3 Å². The van der Waals surface area contributed by atoms with Gasteiger partial charge in [-0.3, -0.25) is 0 Å². The quantitative estimate of drug-likeness (QED) is 0.787. The molecular formula is C15H14BrF2NO3S. The molecule has 8 heteroatoms. The molecule has 0 radical (unpaired) electrons. The third-order valence-electron chi connectivity index (χ3n) is 3.04. The first-order valence-electron chi connectivity index (χ1n) is 6.61. The topological polar surface area (TPSA) is 55.4 Å². The molecule has 1 unspecified atom stereocenters. The first kappa shape index (κ1) is 17.8. The molecule has 1 N–H and O–H groups in total. The Balaban J connectivity index is 2.21. The van der Waals surface area contributed by atoms with Gasteiger partial charge < -0.3 is 4.74 Å². The first-order chi connectivity index (χ1) is 10.8. The van der Waals surface area contributed by atoms with Crippen LogP contribution in [0.5, 0.6) is 5.75 Å². The highest BCUT2D eigenvalue weighted by atomic mass is 79.9. The average Bonchev–Trinajstić information content (AvgIpc) is 2.46. The van der Waals surface area contributed by atoms with E-state index in [1.807, 2.05) is 0 Å². The van der Waals surface area contributed by atoms with Crippen molar-refractivity contribution in [2.45, 2.75) is 24.5 Å². The normalized spacial score (nSPS) is 13.1. The van der Waals surface area contributed by atoms with Crippen LogP contribution in [0.3, 0.4) is 0 Å². The number of sulfonamides is 1. The fourth-order valence-electron chi connectivity index (χ4n) is 1.99.